The van der Waals surface area contributed by atoms with E-state index in [1.807, 2.05) is 0 Å². The van der Waals surface area contributed by atoms with E-state index in [0.29, 0.717) is 5.69 Å². The number of nitrogen functional groups attached to an aromatic ring is 1. The number of hydrogen-bond acceptors (Lipinski definition) is 2. The van der Waals surface area contributed by atoms with Crippen molar-refractivity contribution in [2.75, 3.05) is 11.1 Å². The van der Waals surface area contributed by atoms with Crippen molar-refractivity contribution in [1.82, 2.24) is 0 Å². The van der Waals surface area contributed by atoms with Gasteiger partial charge in [-0.25, -0.2) is 13.2 Å². The van der Waals surface area contributed by atoms with Gasteiger partial charge >= 0.3 is 0 Å². The van der Waals surface area contributed by atoms with E-state index in [1.54, 1.807) is 0 Å². The Labute approximate surface area is 95.9 Å². The van der Waals surface area contributed by atoms with E-state index < -0.39 is 17.5 Å². The molecule has 2 aromatic rings. The number of rotatable bonds is 2. The lowest BCUT2D eigenvalue weighted by molar-refractivity contribution is 0.512. The maximum absolute atomic E-state index is 13.4. The van der Waals surface area contributed by atoms with Crippen LogP contribution in [0.4, 0.5) is 30.2 Å². The van der Waals surface area contributed by atoms with Crippen LogP contribution >= 0.6 is 0 Å². The van der Waals surface area contributed by atoms with Crippen LogP contribution in [0.2, 0.25) is 0 Å². The monoisotopic (exact) mass is 238 g/mol. The molecule has 0 aliphatic carbocycles. The van der Waals surface area contributed by atoms with Crippen LogP contribution < -0.4 is 11.1 Å². The molecule has 0 bridgehead atoms. The van der Waals surface area contributed by atoms with Crippen LogP contribution in [0.3, 0.4) is 0 Å². The largest absolute Gasteiger partial charge is 0.397 e. The lowest BCUT2D eigenvalue weighted by Gasteiger charge is -2.10. The molecule has 2 aromatic carbocycles. The molecule has 3 N–H and O–H groups in total. The normalized spacial score (nSPS) is 10.3. The maximum Gasteiger partial charge on any atom is 0.184 e. The Balaban J connectivity index is 2.39. The number of halogens is 3. The molecule has 0 aromatic heterocycles. The molecule has 2 rings (SSSR count). The first-order chi connectivity index (χ1) is 8.08. The second-order valence-electron chi connectivity index (χ2n) is 3.46. The Bertz CT molecular complexity index is 555. The summed E-state index contributed by atoms with van der Waals surface area (Å²) in [6.07, 6.45) is 0. The topological polar surface area (TPSA) is 38.0 Å². The smallest absolute Gasteiger partial charge is 0.184 e. The van der Waals surface area contributed by atoms with Crippen molar-refractivity contribution >= 4 is 17.1 Å². The van der Waals surface area contributed by atoms with E-state index in [9.17, 15) is 13.2 Å². The summed E-state index contributed by atoms with van der Waals surface area (Å²) in [4.78, 5) is 0. The minimum atomic E-state index is -1.09. The molecular weight excluding hydrogens is 229 g/mol. The average Bonchev–Trinajstić information content (AvgIpc) is 2.30. The van der Waals surface area contributed by atoms with Gasteiger partial charge in [-0.3, -0.25) is 0 Å². The highest BCUT2D eigenvalue weighted by atomic mass is 19.2. The van der Waals surface area contributed by atoms with Gasteiger partial charge in [-0.2, -0.15) is 0 Å². The first kappa shape index (κ1) is 11.3. The van der Waals surface area contributed by atoms with Crippen molar-refractivity contribution in [3.8, 4) is 0 Å². The van der Waals surface area contributed by atoms with Crippen molar-refractivity contribution in [2.24, 2.45) is 0 Å². The fraction of sp³-hybridized carbons (Fsp3) is 0. The van der Waals surface area contributed by atoms with Gasteiger partial charge in [0.05, 0.1) is 5.69 Å². The quantitative estimate of drug-likeness (QED) is 0.786. The first-order valence-electron chi connectivity index (χ1n) is 4.84. The third-order valence-electron chi connectivity index (χ3n) is 2.22. The maximum atomic E-state index is 13.4. The minimum absolute atomic E-state index is 0.0492. The third kappa shape index (κ3) is 2.33. The van der Waals surface area contributed by atoms with Crippen LogP contribution in [0.5, 0.6) is 0 Å². The van der Waals surface area contributed by atoms with Crippen molar-refractivity contribution in [2.45, 2.75) is 0 Å². The molecule has 0 spiro atoms. The first-order valence-corrected chi connectivity index (χ1v) is 4.84. The van der Waals surface area contributed by atoms with Crippen LogP contribution in [-0.2, 0) is 0 Å². The SMILES string of the molecule is Nc1ccc(F)c(F)c1Nc1cccc(F)c1. The summed E-state index contributed by atoms with van der Waals surface area (Å²) in [6.45, 7) is 0. The van der Waals surface area contributed by atoms with Crippen LogP contribution in [0.15, 0.2) is 36.4 Å². The molecular formula is C12H9F3N2. The minimum Gasteiger partial charge on any atom is -0.397 e. The number of benzene rings is 2. The predicted molar refractivity (Wildman–Crippen MR) is 60.5 cm³/mol. The predicted octanol–water partition coefficient (Wildman–Crippen LogP) is 3.43. The second kappa shape index (κ2) is 4.37. The zero-order valence-corrected chi connectivity index (χ0v) is 8.68. The molecule has 0 fully saturated rings. The molecule has 17 heavy (non-hydrogen) atoms. The van der Waals surface area contributed by atoms with Crippen LogP contribution in [0, 0.1) is 17.5 Å². The van der Waals surface area contributed by atoms with Gasteiger partial charge in [0.25, 0.3) is 0 Å². The number of nitrogens with one attached hydrogen (secondary N) is 1. The van der Waals surface area contributed by atoms with Gasteiger partial charge in [0.15, 0.2) is 11.6 Å². The Hall–Kier alpha value is -2.17. The summed E-state index contributed by atoms with van der Waals surface area (Å²) < 4.78 is 39.3. The molecule has 0 aliphatic heterocycles. The molecule has 88 valence electrons. The van der Waals surface area contributed by atoms with E-state index in [-0.39, 0.29) is 11.4 Å². The average molecular weight is 238 g/mol. The highest BCUT2D eigenvalue weighted by molar-refractivity contribution is 5.73. The van der Waals surface area contributed by atoms with E-state index in [4.69, 9.17) is 5.73 Å². The second-order valence-corrected chi connectivity index (χ2v) is 3.46. The summed E-state index contributed by atoms with van der Waals surface area (Å²) >= 11 is 0. The molecule has 5 heteroatoms. The molecule has 0 atom stereocenters. The molecule has 0 heterocycles. The van der Waals surface area contributed by atoms with Gasteiger partial charge in [0.2, 0.25) is 0 Å². The van der Waals surface area contributed by atoms with Gasteiger partial charge in [-0.15, -0.1) is 0 Å². The number of hydrogen-bond donors (Lipinski definition) is 2. The molecule has 0 saturated carbocycles. The third-order valence-corrected chi connectivity index (χ3v) is 2.22. The summed E-state index contributed by atoms with van der Waals surface area (Å²) in [6, 6.07) is 7.54. The fourth-order valence-corrected chi connectivity index (χ4v) is 1.40. The van der Waals surface area contributed by atoms with E-state index in [1.165, 1.54) is 24.3 Å². The van der Waals surface area contributed by atoms with Crippen LogP contribution in [0.1, 0.15) is 0 Å². The molecule has 0 saturated heterocycles. The van der Waals surface area contributed by atoms with Crippen molar-refractivity contribution in [3.63, 3.8) is 0 Å². The highest BCUT2D eigenvalue weighted by Gasteiger charge is 2.12. The fourth-order valence-electron chi connectivity index (χ4n) is 1.40. The van der Waals surface area contributed by atoms with Crippen LogP contribution in [-0.4, -0.2) is 0 Å². The van der Waals surface area contributed by atoms with Crippen LogP contribution in [0.25, 0.3) is 0 Å². The van der Waals surface area contributed by atoms with E-state index in [2.05, 4.69) is 5.32 Å². The molecule has 0 radical (unpaired) electrons. The molecule has 0 unspecified atom stereocenters. The molecule has 0 aliphatic rings. The zero-order valence-electron chi connectivity index (χ0n) is 8.68. The van der Waals surface area contributed by atoms with Gasteiger partial charge in [0.1, 0.15) is 11.5 Å². The van der Waals surface area contributed by atoms with Gasteiger partial charge in [0, 0.05) is 5.69 Å². The van der Waals surface area contributed by atoms with Gasteiger partial charge < -0.3 is 11.1 Å². The Morgan fingerprint density at radius 2 is 1.76 bits per heavy atom. The van der Waals surface area contributed by atoms with Gasteiger partial charge in [-0.1, -0.05) is 6.07 Å². The highest BCUT2D eigenvalue weighted by Crippen LogP contribution is 2.28. The van der Waals surface area contributed by atoms with Crippen molar-refractivity contribution in [1.29, 1.82) is 0 Å². The molecule has 0 amide bonds. The summed E-state index contributed by atoms with van der Waals surface area (Å²) in [7, 11) is 0. The summed E-state index contributed by atoms with van der Waals surface area (Å²) in [5, 5.41) is 2.54. The Kier molecular flexibility index (Phi) is 2.91. The lowest BCUT2D eigenvalue weighted by atomic mass is 10.2. The number of anilines is 3. The molecule has 2 nitrogen and oxygen atoms in total. The van der Waals surface area contributed by atoms with E-state index >= 15 is 0 Å². The number of nitrogens with two attached hydrogens (primary N) is 1. The van der Waals surface area contributed by atoms with Crippen molar-refractivity contribution in [3.05, 3.63) is 53.8 Å². The van der Waals surface area contributed by atoms with E-state index in [0.717, 1.165) is 12.1 Å². The Morgan fingerprint density at radius 3 is 2.47 bits per heavy atom. The summed E-state index contributed by atoms with van der Waals surface area (Å²) in [5.41, 5.74) is 5.66. The van der Waals surface area contributed by atoms with Gasteiger partial charge in [-0.05, 0) is 30.3 Å². The standard InChI is InChI=1S/C12H9F3N2/c13-7-2-1-3-8(6-7)17-12-10(16)5-4-9(14)11(12)15/h1-6,17H,16H2. The van der Waals surface area contributed by atoms with Crippen molar-refractivity contribution < 1.29 is 13.2 Å². The lowest BCUT2D eigenvalue weighted by Crippen LogP contribution is -2.01. The zero-order chi connectivity index (χ0) is 12.4. The summed E-state index contributed by atoms with van der Waals surface area (Å²) in [5.74, 6) is -2.59. The Morgan fingerprint density at radius 1 is 1.00 bits per heavy atom.